The molecule has 0 saturated carbocycles. The van der Waals surface area contributed by atoms with Crippen molar-refractivity contribution in [2.45, 2.75) is 19.4 Å². The molecule has 1 amide bonds. The second kappa shape index (κ2) is 7.09. The molecule has 1 aromatic rings. The van der Waals surface area contributed by atoms with Gasteiger partial charge in [0.1, 0.15) is 0 Å². The Morgan fingerprint density at radius 1 is 1.26 bits per heavy atom. The maximum Gasteiger partial charge on any atom is 0.222 e. The van der Waals surface area contributed by atoms with E-state index in [1.807, 2.05) is 17.0 Å². The fourth-order valence-electron chi connectivity index (χ4n) is 3.22. The van der Waals surface area contributed by atoms with E-state index in [4.69, 9.17) is 11.6 Å². The predicted molar refractivity (Wildman–Crippen MR) is 92.6 cm³/mol. The van der Waals surface area contributed by atoms with Gasteiger partial charge in [-0.3, -0.25) is 9.69 Å². The van der Waals surface area contributed by atoms with Crippen LogP contribution in [-0.2, 0) is 21.2 Å². The second-order valence-corrected chi connectivity index (χ2v) is 10.4. The van der Waals surface area contributed by atoms with Crippen molar-refractivity contribution in [1.82, 2.24) is 9.80 Å². The number of hydrogen-bond acceptors (Lipinski definition) is 5. The van der Waals surface area contributed by atoms with E-state index in [2.05, 4.69) is 4.90 Å². The summed E-state index contributed by atoms with van der Waals surface area (Å²) in [6.45, 7) is 4.02. The molecule has 2 saturated heterocycles. The summed E-state index contributed by atoms with van der Waals surface area (Å²) < 4.78 is 23.8. The number of halogens is 1. The number of carbonyl (C=O) groups excluding carboxylic acids is 1. The zero-order valence-electron chi connectivity index (χ0n) is 12.9. The van der Waals surface area contributed by atoms with Crippen molar-refractivity contribution >= 4 is 38.7 Å². The lowest BCUT2D eigenvalue weighted by molar-refractivity contribution is -0.133. The summed E-state index contributed by atoms with van der Waals surface area (Å²) in [5.41, 5.74) is 0. The average molecular weight is 377 g/mol. The average Bonchev–Trinajstić information content (AvgIpc) is 3.05. The molecule has 3 rings (SSSR count). The molecule has 2 fully saturated rings. The van der Waals surface area contributed by atoms with Gasteiger partial charge in [0.25, 0.3) is 0 Å². The third-order valence-electron chi connectivity index (χ3n) is 4.52. The highest BCUT2D eigenvalue weighted by Crippen LogP contribution is 2.24. The van der Waals surface area contributed by atoms with Gasteiger partial charge in [0.05, 0.1) is 15.8 Å². The first-order chi connectivity index (χ1) is 10.9. The Hall–Kier alpha value is -0.630. The van der Waals surface area contributed by atoms with Gasteiger partial charge in [-0.25, -0.2) is 8.42 Å². The Morgan fingerprint density at radius 2 is 2.00 bits per heavy atom. The molecule has 1 atom stereocenters. The first-order valence-electron chi connectivity index (χ1n) is 7.86. The zero-order chi connectivity index (χ0) is 16.4. The van der Waals surface area contributed by atoms with Crippen LogP contribution >= 0.6 is 22.9 Å². The largest absolute Gasteiger partial charge is 0.340 e. The van der Waals surface area contributed by atoms with Crippen LogP contribution in [0.3, 0.4) is 0 Å². The molecule has 0 aromatic carbocycles. The Morgan fingerprint density at radius 3 is 2.57 bits per heavy atom. The Labute approximate surface area is 146 Å². The zero-order valence-corrected chi connectivity index (χ0v) is 15.3. The lowest BCUT2D eigenvalue weighted by atomic mass is 10.0. The van der Waals surface area contributed by atoms with Crippen LogP contribution in [0, 0.1) is 5.92 Å². The van der Waals surface area contributed by atoms with Crippen molar-refractivity contribution in [2.75, 3.05) is 37.7 Å². The smallest absolute Gasteiger partial charge is 0.222 e. The summed E-state index contributed by atoms with van der Waals surface area (Å²) in [5.74, 6) is 0.532. The quantitative estimate of drug-likeness (QED) is 0.805. The number of rotatable bonds is 4. The summed E-state index contributed by atoms with van der Waals surface area (Å²) in [7, 11) is -2.90. The summed E-state index contributed by atoms with van der Waals surface area (Å²) >= 11 is 7.54. The standard InChI is InChI=1S/C15H21ClN2O3S2/c16-14-2-1-13(22-14)10-17-4-6-18(7-5-17)15(19)9-12-3-8-23(20,21)11-12/h1-2,12H,3-11H2. The third kappa shape index (κ3) is 4.68. The van der Waals surface area contributed by atoms with E-state index in [0.29, 0.717) is 12.8 Å². The summed E-state index contributed by atoms with van der Waals surface area (Å²) in [6.07, 6.45) is 1.01. The SMILES string of the molecule is O=C(CC1CCS(=O)(=O)C1)N1CCN(Cc2ccc(Cl)s2)CC1. The van der Waals surface area contributed by atoms with Gasteiger partial charge in [-0.2, -0.15) is 0 Å². The third-order valence-corrected chi connectivity index (χ3v) is 7.58. The Bertz CT molecular complexity index is 666. The van der Waals surface area contributed by atoms with Gasteiger partial charge in [0.15, 0.2) is 9.84 Å². The van der Waals surface area contributed by atoms with E-state index < -0.39 is 9.84 Å². The number of thiophene rings is 1. The Balaban J connectivity index is 1.44. The van der Waals surface area contributed by atoms with Crippen LogP contribution in [0.4, 0.5) is 0 Å². The minimum atomic E-state index is -2.90. The molecule has 2 aliphatic heterocycles. The summed E-state index contributed by atoms with van der Waals surface area (Å²) in [4.78, 5) is 17.8. The lowest BCUT2D eigenvalue weighted by Crippen LogP contribution is -2.48. The molecule has 1 aromatic heterocycles. The highest BCUT2D eigenvalue weighted by molar-refractivity contribution is 7.91. The topological polar surface area (TPSA) is 57.7 Å². The van der Waals surface area contributed by atoms with Crippen LogP contribution in [-0.4, -0.2) is 61.8 Å². The molecule has 8 heteroatoms. The Kier molecular flexibility index (Phi) is 5.30. The van der Waals surface area contributed by atoms with Gasteiger partial charge in [-0.05, 0) is 24.5 Å². The molecule has 128 valence electrons. The van der Waals surface area contributed by atoms with E-state index >= 15 is 0 Å². The van der Waals surface area contributed by atoms with Crippen molar-refractivity contribution < 1.29 is 13.2 Å². The number of piperazine rings is 1. The summed E-state index contributed by atoms with van der Waals surface area (Å²) in [5, 5.41) is 0. The monoisotopic (exact) mass is 376 g/mol. The molecule has 0 bridgehead atoms. The molecule has 3 heterocycles. The van der Waals surface area contributed by atoms with E-state index in [1.54, 1.807) is 11.3 Å². The number of sulfone groups is 1. The number of amides is 1. The van der Waals surface area contributed by atoms with Crippen LogP contribution in [0.25, 0.3) is 0 Å². The molecule has 2 aliphatic rings. The second-order valence-electron chi connectivity index (χ2n) is 6.34. The van der Waals surface area contributed by atoms with E-state index in [-0.39, 0.29) is 23.3 Å². The number of nitrogens with zero attached hydrogens (tertiary/aromatic N) is 2. The maximum atomic E-state index is 12.3. The normalized spacial score (nSPS) is 24.9. The van der Waals surface area contributed by atoms with Crippen molar-refractivity contribution in [3.8, 4) is 0 Å². The first-order valence-corrected chi connectivity index (χ1v) is 10.9. The molecular weight excluding hydrogens is 356 g/mol. The fraction of sp³-hybridized carbons (Fsp3) is 0.667. The number of carbonyl (C=O) groups is 1. The summed E-state index contributed by atoms with van der Waals surface area (Å²) in [6, 6.07) is 3.96. The van der Waals surface area contributed by atoms with Gasteiger partial charge in [0, 0.05) is 44.0 Å². The first kappa shape index (κ1) is 17.2. The van der Waals surface area contributed by atoms with Crippen molar-refractivity contribution in [3.05, 3.63) is 21.3 Å². The van der Waals surface area contributed by atoms with Gasteiger partial charge in [0.2, 0.25) is 5.91 Å². The molecule has 5 nitrogen and oxygen atoms in total. The predicted octanol–water partition coefficient (Wildman–Crippen LogP) is 1.87. The number of hydrogen-bond donors (Lipinski definition) is 0. The molecule has 0 spiro atoms. The molecular formula is C15H21ClN2O3S2. The minimum absolute atomic E-state index is 0.0128. The van der Waals surface area contributed by atoms with Gasteiger partial charge >= 0.3 is 0 Å². The van der Waals surface area contributed by atoms with Crippen molar-refractivity contribution in [3.63, 3.8) is 0 Å². The van der Waals surface area contributed by atoms with Crippen LogP contribution < -0.4 is 0 Å². The fourth-order valence-corrected chi connectivity index (χ4v) is 6.21. The highest BCUT2D eigenvalue weighted by Gasteiger charge is 2.31. The van der Waals surface area contributed by atoms with Gasteiger partial charge in [-0.15, -0.1) is 11.3 Å². The van der Waals surface area contributed by atoms with E-state index in [0.717, 1.165) is 37.1 Å². The lowest BCUT2D eigenvalue weighted by Gasteiger charge is -2.35. The molecule has 23 heavy (non-hydrogen) atoms. The van der Waals surface area contributed by atoms with Gasteiger partial charge in [-0.1, -0.05) is 11.6 Å². The molecule has 1 unspecified atom stereocenters. The van der Waals surface area contributed by atoms with Crippen LogP contribution in [0.15, 0.2) is 12.1 Å². The molecule has 0 radical (unpaired) electrons. The van der Waals surface area contributed by atoms with Crippen molar-refractivity contribution in [1.29, 1.82) is 0 Å². The van der Waals surface area contributed by atoms with Crippen LogP contribution in [0.2, 0.25) is 4.34 Å². The van der Waals surface area contributed by atoms with E-state index in [9.17, 15) is 13.2 Å². The van der Waals surface area contributed by atoms with E-state index in [1.165, 1.54) is 4.88 Å². The highest BCUT2D eigenvalue weighted by atomic mass is 35.5. The minimum Gasteiger partial charge on any atom is -0.340 e. The molecule has 0 aliphatic carbocycles. The van der Waals surface area contributed by atoms with Crippen molar-refractivity contribution in [2.24, 2.45) is 5.92 Å². The van der Waals surface area contributed by atoms with Crippen LogP contribution in [0.1, 0.15) is 17.7 Å². The van der Waals surface area contributed by atoms with Crippen LogP contribution in [0.5, 0.6) is 0 Å². The molecule has 0 N–H and O–H groups in total. The maximum absolute atomic E-state index is 12.3. The van der Waals surface area contributed by atoms with Gasteiger partial charge < -0.3 is 4.90 Å².